The summed E-state index contributed by atoms with van der Waals surface area (Å²) < 4.78 is 10.2. The number of hydrogen-bond donors (Lipinski definition) is 0. The molecule has 0 radical (unpaired) electrons. The number of fused-ring (bicyclic) bond motifs is 1. The molecule has 3 nitrogen and oxygen atoms in total. The van der Waals surface area contributed by atoms with Crippen molar-refractivity contribution in [2.75, 3.05) is 7.11 Å². The lowest BCUT2D eigenvalue weighted by Gasteiger charge is -2.04. The van der Waals surface area contributed by atoms with Crippen LogP contribution in [0.4, 0.5) is 0 Å². The molecule has 0 unspecified atom stereocenters. The predicted molar refractivity (Wildman–Crippen MR) is 61.7 cm³/mol. The van der Waals surface area contributed by atoms with Crippen LogP contribution in [0.3, 0.4) is 0 Å². The van der Waals surface area contributed by atoms with Crippen molar-refractivity contribution < 1.29 is 9.15 Å². The van der Waals surface area contributed by atoms with Crippen LogP contribution < -0.4 is 10.4 Å². The van der Waals surface area contributed by atoms with Gasteiger partial charge in [0.2, 0.25) is 0 Å². The highest BCUT2D eigenvalue weighted by molar-refractivity contribution is 5.85. The van der Waals surface area contributed by atoms with Crippen molar-refractivity contribution in [3.05, 3.63) is 39.7 Å². The molecule has 3 heteroatoms. The van der Waals surface area contributed by atoms with Crippen molar-refractivity contribution in [2.24, 2.45) is 0 Å². The van der Waals surface area contributed by atoms with E-state index in [2.05, 4.69) is 5.92 Å². The van der Waals surface area contributed by atoms with Crippen LogP contribution in [0.5, 0.6) is 5.75 Å². The van der Waals surface area contributed by atoms with Gasteiger partial charge in [-0.1, -0.05) is 5.92 Å². The monoisotopic (exact) mass is 214 g/mol. The fourth-order valence-corrected chi connectivity index (χ4v) is 1.59. The Morgan fingerprint density at radius 1 is 1.44 bits per heavy atom. The maximum absolute atomic E-state index is 11.5. The van der Waals surface area contributed by atoms with Gasteiger partial charge in [0, 0.05) is 17.0 Å². The quantitative estimate of drug-likeness (QED) is 0.539. The van der Waals surface area contributed by atoms with Crippen LogP contribution in [-0.4, -0.2) is 7.11 Å². The van der Waals surface area contributed by atoms with Crippen molar-refractivity contribution in [1.82, 2.24) is 0 Å². The Bertz CT molecular complexity index is 645. The van der Waals surface area contributed by atoms with Gasteiger partial charge in [0.15, 0.2) is 0 Å². The Kier molecular flexibility index (Phi) is 2.41. The Balaban J connectivity index is 2.92. The topological polar surface area (TPSA) is 39.4 Å². The van der Waals surface area contributed by atoms with Crippen LogP contribution in [0, 0.1) is 19.3 Å². The maximum atomic E-state index is 11.5. The second kappa shape index (κ2) is 3.74. The molecule has 2 aromatic rings. The SMILES string of the molecule is C#Cc1c(C)c(=O)oc2cc(OC)ccc12. The van der Waals surface area contributed by atoms with E-state index < -0.39 is 5.63 Å². The minimum Gasteiger partial charge on any atom is -0.497 e. The summed E-state index contributed by atoms with van der Waals surface area (Å²) >= 11 is 0. The first-order valence-electron chi connectivity index (χ1n) is 4.75. The molecule has 80 valence electrons. The van der Waals surface area contributed by atoms with E-state index in [9.17, 15) is 4.79 Å². The zero-order valence-corrected chi connectivity index (χ0v) is 9.03. The minimum absolute atomic E-state index is 0.409. The minimum atomic E-state index is -0.409. The smallest absolute Gasteiger partial charge is 0.340 e. The van der Waals surface area contributed by atoms with Gasteiger partial charge in [0.1, 0.15) is 11.3 Å². The van der Waals surface area contributed by atoms with Crippen LogP contribution >= 0.6 is 0 Å². The van der Waals surface area contributed by atoms with Crippen molar-refractivity contribution in [1.29, 1.82) is 0 Å². The van der Waals surface area contributed by atoms with E-state index in [0.717, 1.165) is 5.39 Å². The van der Waals surface area contributed by atoms with E-state index in [1.807, 2.05) is 0 Å². The number of benzene rings is 1. The van der Waals surface area contributed by atoms with Gasteiger partial charge >= 0.3 is 5.63 Å². The molecule has 0 aliphatic heterocycles. The molecule has 0 atom stereocenters. The molecule has 0 fully saturated rings. The maximum Gasteiger partial charge on any atom is 0.340 e. The first kappa shape index (κ1) is 10.3. The van der Waals surface area contributed by atoms with Gasteiger partial charge in [-0.3, -0.25) is 0 Å². The van der Waals surface area contributed by atoms with E-state index in [-0.39, 0.29) is 0 Å². The van der Waals surface area contributed by atoms with Crippen LogP contribution in [0.2, 0.25) is 0 Å². The molecule has 0 aliphatic carbocycles. The summed E-state index contributed by atoms with van der Waals surface area (Å²) in [6, 6.07) is 5.22. The Morgan fingerprint density at radius 2 is 2.19 bits per heavy atom. The molecular formula is C13H10O3. The van der Waals surface area contributed by atoms with E-state index in [0.29, 0.717) is 22.5 Å². The third kappa shape index (κ3) is 1.45. The highest BCUT2D eigenvalue weighted by atomic mass is 16.5. The van der Waals surface area contributed by atoms with E-state index in [4.69, 9.17) is 15.6 Å². The molecule has 16 heavy (non-hydrogen) atoms. The third-order valence-electron chi connectivity index (χ3n) is 2.49. The molecule has 0 amide bonds. The second-order valence-corrected chi connectivity index (χ2v) is 3.40. The second-order valence-electron chi connectivity index (χ2n) is 3.40. The zero-order valence-electron chi connectivity index (χ0n) is 9.03. The molecule has 0 saturated carbocycles. The highest BCUT2D eigenvalue weighted by Crippen LogP contribution is 2.23. The van der Waals surface area contributed by atoms with Crippen LogP contribution in [0.15, 0.2) is 27.4 Å². The van der Waals surface area contributed by atoms with Gasteiger partial charge in [-0.15, -0.1) is 6.42 Å². The standard InChI is InChI=1S/C13H10O3/c1-4-10-8(2)13(14)16-12-7-9(15-3)5-6-11(10)12/h1,5-7H,2-3H3. The van der Waals surface area contributed by atoms with Crippen LogP contribution in [-0.2, 0) is 0 Å². The van der Waals surface area contributed by atoms with Gasteiger partial charge in [0.25, 0.3) is 0 Å². The lowest BCUT2D eigenvalue weighted by Crippen LogP contribution is -2.06. The molecule has 0 aliphatic rings. The average molecular weight is 214 g/mol. The number of hydrogen-bond acceptors (Lipinski definition) is 3. The number of terminal acetylenes is 1. The molecule has 1 heterocycles. The molecule has 1 aromatic carbocycles. The molecule has 0 N–H and O–H groups in total. The Morgan fingerprint density at radius 3 is 2.81 bits per heavy atom. The van der Waals surface area contributed by atoms with Gasteiger partial charge < -0.3 is 9.15 Å². The van der Waals surface area contributed by atoms with Gasteiger partial charge in [0.05, 0.1) is 12.7 Å². The fraction of sp³-hybridized carbons (Fsp3) is 0.154. The van der Waals surface area contributed by atoms with Crippen LogP contribution in [0.1, 0.15) is 11.1 Å². The molecule has 1 aromatic heterocycles. The Hall–Kier alpha value is -2.21. The number of methoxy groups -OCH3 is 1. The summed E-state index contributed by atoms with van der Waals surface area (Å²) in [4.78, 5) is 11.5. The molecule has 0 spiro atoms. The summed E-state index contributed by atoms with van der Waals surface area (Å²) in [7, 11) is 1.55. The first-order valence-corrected chi connectivity index (χ1v) is 4.75. The van der Waals surface area contributed by atoms with E-state index >= 15 is 0 Å². The fourth-order valence-electron chi connectivity index (χ4n) is 1.59. The van der Waals surface area contributed by atoms with Crippen molar-refractivity contribution in [3.8, 4) is 18.1 Å². The molecule has 0 bridgehead atoms. The average Bonchev–Trinajstić information content (AvgIpc) is 2.30. The van der Waals surface area contributed by atoms with Crippen LogP contribution in [0.25, 0.3) is 11.0 Å². The van der Waals surface area contributed by atoms with Crippen molar-refractivity contribution >= 4 is 11.0 Å². The first-order chi connectivity index (χ1) is 7.67. The van der Waals surface area contributed by atoms with Gasteiger partial charge in [-0.05, 0) is 19.1 Å². The lowest BCUT2D eigenvalue weighted by atomic mass is 10.1. The summed E-state index contributed by atoms with van der Waals surface area (Å²) in [5, 5.41) is 0.750. The summed E-state index contributed by atoms with van der Waals surface area (Å²) in [6.45, 7) is 1.66. The van der Waals surface area contributed by atoms with E-state index in [1.165, 1.54) is 0 Å². The largest absolute Gasteiger partial charge is 0.497 e. The highest BCUT2D eigenvalue weighted by Gasteiger charge is 2.09. The lowest BCUT2D eigenvalue weighted by molar-refractivity contribution is 0.414. The summed E-state index contributed by atoms with van der Waals surface area (Å²) in [5.74, 6) is 3.14. The third-order valence-corrected chi connectivity index (χ3v) is 2.49. The van der Waals surface area contributed by atoms with Crippen molar-refractivity contribution in [2.45, 2.75) is 6.92 Å². The normalized spacial score (nSPS) is 10.1. The Labute approximate surface area is 92.7 Å². The molecular weight excluding hydrogens is 204 g/mol. The zero-order chi connectivity index (χ0) is 11.7. The van der Waals surface area contributed by atoms with E-state index in [1.54, 1.807) is 32.2 Å². The molecule has 0 saturated heterocycles. The molecule has 2 rings (SSSR count). The number of ether oxygens (including phenoxy) is 1. The van der Waals surface area contributed by atoms with Gasteiger partial charge in [-0.2, -0.15) is 0 Å². The van der Waals surface area contributed by atoms with Gasteiger partial charge in [-0.25, -0.2) is 4.79 Å². The summed E-state index contributed by atoms with van der Waals surface area (Å²) in [6.07, 6.45) is 5.39. The number of rotatable bonds is 1. The summed E-state index contributed by atoms with van der Waals surface area (Å²) in [5.41, 5.74) is 1.07. The van der Waals surface area contributed by atoms with Crippen molar-refractivity contribution in [3.63, 3.8) is 0 Å². The predicted octanol–water partition coefficient (Wildman–Crippen LogP) is 2.09.